The SMILES string of the molecule is C1=CCC2C(=C1)C1C(N=C3C4C=CC=CC4C4=C(CC(c5ccc(C6Cc7ccccc7N6)cc5)C=C4)N31)c1ccccc12. The van der Waals surface area contributed by atoms with Crippen molar-refractivity contribution in [1.82, 2.24) is 4.90 Å². The Labute approximate surface area is 259 Å². The van der Waals surface area contributed by atoms with Gasteiger partial charge < -0.3 is 10.2 Å². The van der Waals surface area contributed by atoms with E-state index in [0.717, 1.165) is 19.3 Å². The Morgan fingerprint density at radius 2 is 1.55 bits per heavy atom. The average molecular weight is 570 g/mol. The van der Waals surface area contributed by atoms with Crippen LogP contribution in [0.3, 0.4) is 0 Å². The molecule has 0 amide bonds. The maximum atomic E-state index is 5.64. The first-order valence-electron chi connectivity index (χ1n) is 16.3. The van der Waals surface area contributed by atoms with E-state index in [1.807, 2.05) is 0 Å². The molecule has 0 bridgehead atoms. The molecule has 3 heterocycles. The summed E-state index contributed by atoms with van der Waals surface area (Å²) >= 11 is 0. The molecule has 4 aliphatic carbocycles. The summed E-state index contributed by atoms with van der Waals surface area (Å²) in [5.41, 5.74) is 12.9. The van der Waals surface area contributed by atoms with Gasteiger partial charge in [-0.25, -0.2) is 0 Å². The third-order valence-electron chi connectivity index (χ3n) is 11.2. The van der Waals surface area contributed by atoms with E-state index in [0.29, 0.717) is 29.7 Å². The van der Waals surface area contributed by atoms with Gasteiger partial charge in [0.05, 0.1) is 12.1 Å². The summed E-state index contributed by atoms with van der Waals surface area (Å²) < 4.78 is 0. The lowest BCUT2D eigenvalue weighted by Crippen LogP contribution is -2.49. The number of aliphatic imine (C=N–C) groups is 1. The number of rotatable bonds is 2. The van der Waals surface area contributed by atoms with Gasteiger partial charge in [-0.15, -0.1) is 0 Å². The molecule has 7 aliphatic rings. The molecule has 214 valence electrons. The van der Waals surface area contributed by atoms with Gasteiger partial charge >= 0.3 is 0 Å². The summed E-state index contributed by atoms with van der Waals surface area (Å²) in [6.07, 6.45) is 24.4. The normalized spacial score (nSPS) is 31.5. The first-order valence-corrected chi connectivity index (χ1v) is 16.3. The Morgan fingerprint density at radius 3 is 2.43 bits per heavy atom. The van der Waals surface area contributed by atoms with Crippen molar-refractivity contribution in [2.75, 3.05) is 5.32 Å². The van der Waals surface area contributed by atoms with Gasteiger partial charge in [0, 0.05) is 35.1 Å². The molecule has 3 heteroatoms. The molecule has 3 aromatic rings. The van der Waals surface area contributed by atoms with Crippen molar-refractivity contribution in [2.24, 2.45) is 16.8 Å². The van der Waals surface area contributed by atoms with Gasteiger partial charge in [0.25, 0.3) is 0 Å². The molecule has 7 atom stereocenters. The maximum absolute atomic E-state index is 5.64. The summed E-state index contributed by atoms with van der Waals surface area (Å²) in [5, 5.41) is 3.73. The number of anilines is 1. The minimum absolute atomic E-state index is 0.147. The maximum Gasteiger partial charge on any atom is 0.112 e. The molecule has 0 spiro atoms. The molecule has 1 N–H and O–H groups in total. The van der Waals surface area contributed by atoms with E-state index >= 15 is 0 Å². The molecule has 0 saturated heterocycles. The minimum Gasteiger partial charge on any atom is -0.378 e. The summed E-state index contributed by atoms with van der Waals surface area (Å²) in [7, 11) is 0. The van der Waals surface area contributed by atoms with Crippen molar-refractivity contribution in [3.63, 3.8) is 0 Å². The molecule has 0 saturated carbocycles. The van der Waals surface area contributed by atoms with Crippen LogP contribution in [0.1, 0.15) is 64.6 Å². The van der Waals surface area contributed by atoms with Crippen LogP contribution in [-0.2, 0) is 6.42 Å². The lowest BCUT2D eigenvalue weighted by atomic mass is 9.69. The predicted octanol–water partition coefficient (Wildman–Crippen LogP) is 8.87. The molecule has 0 radical (unpaired) electrons. The van der Waals surface area contributed by atoms with Crippen LogP contribution in [0.15, 0.2) is 149 Å². The molecule has 0 fully saturated rings. The van der Waals surface area contributed by atoms with Gasteiger partial charge in [0.2, 0.25) is 0 Å². The molecule has 7 unspecified atom stereocenters. The van der Waals surface area contributed by atoms with E-state index in [4.69, 9.17) is 4.99 Å². The zero-order chi connectivity index (χ0) is 28.8. The number of nitrogens with zero attached hydrogens (tertiary/aromatic N) is 2. The number of fused-ring (bicyclic) bond motifs is 13. The highest BCUT2D eigenvalue weighted by atomic mass is 15.3. The number of nitrogens with one attached hydrogen (secondary N) is 1. The molecule has 0 aromatic heterocycles. The molecule has 44 heavy (non-hydrogen) atoms. The zero-order valence-corrected chi connectivity index (χ0v) is 24.7. The first-order chi connectivity index (χ1) is 21.8. The monoisotopic (exact) mass is 569 g/mol. The third kappa shape index (κ3) is 3.53. The van der Waals surface area contributed by atoms with Gasteiger partial charge in [0.15, 0.2) is 0 Å². The fraction of sp³-hybridized carbons (Fsp3) is 0.244. The Balaban J connectivity index is 1.02. The molecule has 3 nitrogen and oxygen atoms in total. The number of allylic oxidation sites excluding steroid dienone is 10. The Morgan fingerprint density at radius 1 is 0.750 bits per heavy atom. The van der Waals surface area contributed by atoms with Crippen molar-refractivity contribution >= 4 is 11.5 Å². The second-order valence-electron chi connectivity index (χ2n) is 13.4. The number of para-hydroxylation sites is 1. The van der Waals surface area contributed by atoms with Crippen molar-refractivity contribution < 1.29 is 0 Å². The molecule has 10 rings (SSSR count). The molecule has 3 aromatic carbocycles. The fourth-order valence-corrected chi connectivity index (χ4v) is 9.14. The highest BCUT2D eigenvalue weighted by Crippen LogP contribution is 2.56. The van der Waals surface area contributed by atoms with Crippen LogP contribution in [0.4, 0.5) is 5.69 Å². The quantitative estimate of drug-likeness (QED) is 0.334. The summed E-state index contributed by atoms with van der Waals surface area (Å²) in [4.78, 5) is 8.35. The highest BCUT2D eigenvalue weighted by molar-refractivity contribution is 5.94. The molecular formula is C41H35N3. The van der Waals surface area contributed by atoms with E-state index in [-0.39, 0.29) is 12.1 Å². The Kier molecular flexibility index (Phi) is 5.31. The summed E-state index contributed by atoms with van der Waals surface area (Å²) in [6.45, 7) is 0. The van der Waals surface area contributed by atoms with Crippen LogP contribution in [0, 0.1) is 11.8 Å². The van der Waals surface area contributed by atoms with Crippen LogP contribution in [0.25, 0.3) is 0 Å². The van der Waals surface area contributed by atoms with Crippen LogP contribution in [0.2, 0.25) is 0 Å². The predicted molar refractivity (Wildman–Crippen MR) is 179 cm³/mol. The van der Waals surface area contributed by atoms with Crippen LogP contribution < -0.4 is 5.32 Å². The van der Waals surface area contributed by atoms with Gasteiger partial charge in [-0.2, -0.15) is 0 Å². The Hall–Kier alpha value is -4.63. The van der Waals surface area contributed by atoms with E-state index in [1.54, 1.807) is 0 Å². The highest BCUT2D eigenvalue weighted by Gasteiger charge is 2.52. The van der Waals surface area contributed by atoms with Crippen molar-refractivity contribution in [2.45, 2.75) is 49.2 Å². The Bertz CT molecular complexity index is 1890. The number of hydrogen-bond donors (Lipinski definition) is 1. The summed E-state index contributed by atoms with van der Waals surface area (Å²) in [6, 6.07) is 28.0. The van der Waals surface area contributed by atoms with E-state index in [2.05, 4.69) is 138 Å². The topological polar surface area (TPSA) is 27.6 Å². The van der Waals surface area contributed by atoms with Crippen LogP contribution in [-0.4, -0.2) is 16.8 Å². The molecular weight excluding hydrogens is 534 g/mol. The van der Waals surface area contributed by atoms with Gasteiger partial charge in [-0.1, -0.05) is 121 Å². The van der Waals surface area contributed by atoms with E-state index in [1.165, 1.54) is 56.2 Å². The van der Waals surface area contributed by atoms with Crippen molar-refractivity contribution in [1.29, 1.82) is 0 Å². The van der Waals surface area contributed by atoms with Gasteiger partial charge in [0.1, 0.15) is 11.9 Å². The van der Waals surface area contributed by atoms with Crippen LogP contribution >= 0.6 is 0 Å². The zero-order valence-electron chi connectivity index (χ0n) is 24.7. The number of hydrogen-bond acceptors (Lipinski definition) is 3. The van der Waals surface area contributed by atoms with Gasteiger partial charge in [-0.05, 0) is 64.3 Å². The standard InChI is InChI=1S/C41H35N3/c1-8-16-36-28(9-1)23-37(42-36)26-19-17-25(18-20-26)27-21-22-32-31-12-4-7-15-35(31)41-43-39-33-13-5-2-10-29(33)30-11-3-6-14-34(30)40(39)44(41)38(32)24-27/h1-10,12-22,27,30-31,35,37,39-40,42H,11,23-24H2. The average Bonchev–Trinajstić information content (AvgIpc) is 3.72. The number of benzene rings is 3. The third-order valence-corrected chi connectivity index (χ3v) is 11.2. The number of amidine groups is 1. The second kappa shape index (κ2) is 9.43. The second-order valence-corrected chi connectivity index (χ2v) is 13.4. The van der Waals surface area contributed by atoms with E-state index < -0.39 is 0 Å². The lowest BCUT2D eigenvalue weighted by Gasteiger charge is -2.47. The molecule has 3 aliphatic heterocycles. The summed E-state index contributed by atoms with van der Waals surface area (Å²) in [5.74, 6) is 2.70. The minimum atomic E-state index is 0.147. The van der Waals surface area contributed by atoms with Crippen molar-refractivity contribution in [3.8, 4) is 0 Å². The first kappa shape index (κ1) is 24.8. The largest absolute Gasteiger partial charge is 0.378 e. The fourth-order valence-electron chi connectivity index (χ4n) is 9.14. The lowest BCUT2D eigenvalue weighted by molar-refractivity contribution is 0.331. The van der Waals surface area contributed by atoms with E-state index in [9.17, 15) is 0 Å². The van der Waals surface area contributed by atoms with Gasteiger partial charge in [-0.3, -0.25) is 4.99 Å². The van der Waals surface area contributed by atoms with Crippen LogP contribution in [0.5, 0.6) is 0 Å². The smallest absolute Gasteiger partial charge is 0.112 e. The van der Waals surface area contributed by atoms with Crippen molar-refractivity contribution in [3.05, 3.63) is 172 Å².